The highest BCUT2D eigenvalue weighted by molar-refractivity contribution is 7.97. The topological polar surface area (TPSA) is 46.9 Å². The van der Waals surface area contributed by atoms with Crippen molar-refractivity contribution in [3.8, 4) is 11.1 Å². The van der Waals surface area contributed by atoms with Gasteiger partial charge in [-0.2, -0.15) is 0 Å². The van der Waals surface area contributed by atoms with Gasteiger partial charge in [-0.15, -0.1) is 0 Å². The van der Waals surface area contributed by atoms with E-state index in [0.29, 0.717) is 5.39 Å². The van der Waals surface area contributed by atoms with E-state index in [-0.39, 0.29) is 5.56 Å². The monoisotopic (exact) mass is 311 g/mol. The molecule has 2 aromatic heterocycles. The number of hydrogen-bond acceptors (Lipinski definition) is 4. The van der Waals surface area contributed by atoms with Gasteiger partial charge in [-0.3, -0.25) is 14.5 Å². The first-order valence-corrected chi connectivity index (χ1v) is 7.96. The Morgan fingerprint density at radius 3 is 2.95 bits per heavy atom. The van der Waals surface area contributed by atoms with Gasteiger partial charge in [0.25, 0.3) is 5.56 Å². The predicted octanol–water partition coefficient (Wildman–Crippen LogP) is 3.22. The van der Waals surface area contributed by atoms with Gasteiger partial charge in [-0.1, -0.05) is 19.1 Å². The molecule has 0 saturated heterocycles. The number of aryl methyl sites for hydroxylation is 1. The van der Waals surface area contributed by atoms with Gasteiger partial charge in [0.05, 0.1) is 5.39 Å². The lowest BCUT2D eigenvalue weighted by molar-refractivity contribution is 0.874. The van der Waals surface area contributed by atoms with Crippen molar-refractivity contribution in [2.75, 3.05) is 6.54 Å². The normalized spacial score (nSPS) is 11.0. The minimum absolute atomic E-state index is 0.000621. The summed E-state index contributed by atoms with van der Waals surface area (Å²) in [6, 6.07) is 10.1. The van der Waals surface area contributed by atoms with Crippen molar-refractivity contribution in [1.29, 1.82) is 0 Å². The Kier molecular flexibility index (Phi) is 4.27. The number of aromatic nitrogens is 2. The Balaban J connectivity index is 2.18. The Hall–Kier alpha value is -2.11. The second-order valence-corrected chi connectivity index (χ2v) is 5.97. The van der Waals surface area contributed by atoms with Crippen LogP contribution in [0.1, 0.15) is 6.92 Å². The molecule has 4 nitrogen and oxygen atoms in total. The molecule has 3 aromatic rings. The van der Waals surface area contributed by atoms with E-state index < -0.39 is 0 Å². The first kappa shape index (κ1) is 14.8. The molecule has 0 spiro atoms. The Labute approximate surface area is 133 Å². The molecule has 0 radical (unpaired) electrons. The molecular formula is C17H17N3OS. The molecule has 112 valence electrons. The maximum atomic E-state index is 12.2. The molecule has 3 rings (SSSR count). The minimum Gasteiger partial charge on any atom is -0.317 e. The molecule has 22 heavy (non-hydrogen) atoms. The number of nitrogens with one attached hydrogen (secondary N) is 1. The molecule has 1 N–H and O–H groups in total. The second-order valence-electron chi connectivity index (χ2n) is 5.01. The number of rotatable bonds is 4. The van der Waals surface area contributed by atoms with Crippen LogP contribution in [0.2, 0.25) is 0 Å². The summed E-state index contributed by atoms with van der Waals surface area (Å²) in [5.41, 5.74) is 2.10. The fraction of sp³-hybridized carbons (Fsp3) is 0.176. The smallest absolute Gasteiger partial charge is 0.258 e. The van der Waals surface area contributed by atoms with E-state index in [2.05, 4.69) is 34.8 Å². The summed E-state index contributed by atoms with van der Waals surface area (Å²) in [7, 11) is 1.78. The van der Waals surface area contributed by atoms with Crippen LogP contribution >= 0.6 is 11.9 Å². The van der Waals surface area contributed by atoms with Gasteiger partial charge in [0.1, 0.15) is 0 Å². The van der Waals surface area contributed by atoms with E-state index in [9.17, 15) is 4.79 Å². The van der Waals surface area contributed by atoms with Gasteiger partial charge < -0.3 is 4.57 Å². The van der Waals surface area contributed by atoms with Crippen molar-refractivity contribution in [1.82, 2.24) is 14.3 Å². The summed E-state index contributed by atoms with van der Waals surface area (Å²) < 4.78 is 4.88. The molecule has 0 unspecified atom stereocenters. The molecule has 0 aliphatic carbocycles. The molecule has 5 heteroatoms. The van der Waals surface area contributed by atoms with Gasteiger partial charge in [0.2, 0.25) is 0 Å². The van der Waals surface area contributed by atoms with Crippen LogP contribution in [-0.4, -0.2) is 16.1 Å². The van der Waals surface area contributed by atoms with E-state index in [1.807, 2.05) is 12.3 Å². The van der Waals surface area contributed by atoms with E-state index in [0.717, 1.165) is 28.0 Å². The lowest BCUT2D eigenvalue weighted by Gasteiger charge is -2.10. The van der Waals surface area contributed by atoms with Crippen LogP contribution in [0.3, 0.4) is 0 Å². The predicted molar refractivity (Wildman–Crippen MR) is 92.0 cm³/mol. The van der Waals surface area contributed by atoms with E-state index in [4.69, 9.17) is 0 Å². The Morgan fingerprint density at radius 1 is 1.27 bits per heavy atom. The highest BCUT2D eigenvalue weighted by Crippen LogP contribution is 2.28. The largest absolute Gasteiger partial charge is 0.317 e. The van der Waals surface area contributed by atoms with Crippen molar-refractivity contribution in [2.45, 2.75) is 11.8 Å². The summed E-state index contributed by atoms with van der Waals surface area (Å²) in [6.45, 7) is 2.98. The molecule has 0 aliphatic rings. The van der Waals surface area contributed by atoms with Crippen LogP contribution in [0.4, 0.5) is 0 Å². The summed E-state index contributed by atoms with van der Waals surface area (Å²) in [5.74, 6) is 0. The van der Waals surface area contributed by atoms with Crippen LogP contribution in [0.5, 0.6) is 0 Å². The SMILES string of the molecule is CCNSc1cccc(-c2cn(C)c(=O)c3ccncc23)c1. The molecule has 0 amide bonds. The van der Waals surface area contributed by atoms with Crippen LogP contribution in [0, 0.1) is 0 Å². The van der Waals surface area contributed by atoms with E-state index >= 15 is 0 Å². The van der Waals surface area contributed by atoms with Gasteiger partial charge in [0, 0.05) is 48.0 Å². The number of fused-ring (bicyclic) bond motifs is 1. The molecule has 0 saturated carbocycles. The van der Waals surface area contributed by atoms with Crippen molar-refractivity contribution in [2.24, 2.45) is 7.05 Å². The van der Waals surface area contributed by atoms with Crippen LogP contribution in [0.15, 0.2) is 58.6 Å². The first-order chi connectivity index (χ1) is 10.7. The van der Waals surface area contributed by atoms with Gasteiger partial charge >= 0.3 is 0 Å². The summed E-state index contributed by atoms with van der Waals surface area (Å²) in [4.78, 5) is 17.6. The maximum Gasteiger partial charge on any atom is 0.258 e. The maximum absolute atomic E-state index is 12.2. The quantitative estimate of drug-likeness (QED) is 0.752. The van der Waals surface area contributed by atoms with E-state index in [1.165, 1.54) is 0 Å². The number of hydrogen-bond donors (Lipinski definition) is 1. The Morgan fingerprint density at radius 2 is 2.14 bits per heavy atom. The molecule has 2 heterocycles. The standard InChI is InChI=1S/C17H17N3OS/c1-3-19-22-13-6-4-5-12(9-13)16-11-20(2)17(21)14-7-8-18-10-15(14)16/h4-11,19H,3H2,1-2H3. The third-order valence-electron chi connectivity index (χ3n) is 3.46. The second kappa shape index (κ2) is 6.34. The van der Waals surface area contributed by atoms with Crippen LogP contribution in [-0.2, 0) is 7.05 Å². The lowest BCUT2D eigenvalue weighted by atomic mass is 10.0. The fourth-order valence-electron chi connectivity index (χ4n) is 2.42. The summed E-state index contributed by atoms with van der Waals surface area (Å²) >= 11 is 1.61. The molecule has 0 aliphatic heterocycles. The van der Waals surface area contributed by atoms with E-state index in [1.54, 1.807) is 42.0 Å². The zero-order valence-corrected chi connectivity index (χ0v) is 13.4. The van der Waals surface area contributed by atoms with Gasteiger partial charge in [-0.05, 0) is 35.7 Å². The number of nitrogens with zero attached hydrogens (tertiary/aromatic N) is 2. The van der Waals surface area contributed by atoms with Crippen molar-refractivity contribution in [3.05, 3.63) is 59.3 Å². The average molecular weight is 311 g/mol. The highest BCUT2D eigenvalue weighted by Gasteiger charge is 2.09. The third kappa shape index (κ3) is 2.77. The minimum atomic E-state index is -0.000621. The zero-order chi connectivity index (χ0) is 15.5. The van der Waals surface area contributed by atoms with Crippen LogP contribution in [0.25, 0.3) is 21.9 Å². The highest BCUT2D eigenvalue weighted by atomic mass is 32.2. The fourth-order valence-corrected chi connectivity index (χ4v) is 3.06. The van der Waals surface area contributed by atoms with Crippen molar-refractivity contribution >= 4 is 22.7 Å². The zero-order valence-electron chi connectivity index (χ0n) is 12.5. The van der Waals surface area contributed by atoms with Crippen molar-refractivity contribution in [3.63, 3.8) is 0 Å². The lowest BCUT2D eigenvalue weighted by Crippen LogP contribution is -2.16. The summed E-state index contributed by atoms with van der Waals surface area (Å²) in [6.07, 6.45) is 5.30. The number of benzene rings is 1. The first-order valence-electron chi connectivity index (χ1n) is 7.14. The molecule has 0 atom stereocenters. The average Bonchev–Trinajstić information content (AvgIpc) is 2.56. The molecular weight excluding hydrogens is 294 g/mol. The Bertz CT molecular complexity index is 873. The molecule has 0 fully saturated rings. The van der Waals surface area contributed by atoms with Gasteiger partial charge in [-0.25, -0.2) is 0 Å². The molecule has 1 aromatic carbocycles. The summed E-state index contributed by atoms with van der Waals surface area (Å²) in [5, 5.41) is 1.58. The molecule has 0 bridgehead atoms. The third-order valence-corrected chi connectivity index (χ3v) is 4.39. The van der Waals surface area contributed by atoms with Gasteiger partial charge in [0.15, 0.2) is 0 Å². The van der Waals surface area contributed by atoms with Crippen LogP contribution < -0.4 is 10.3 Å². The van der Waals surface area contributed by atoms with Crippen molar-refractivity contribution < 1.29 is 0 Å². The number of pyridine rings is 2.